The molecule has 0 atom stereocenters. The average Bonchev–Trinajstić information content (AvgIpc) is 2.87. The number of aromatic nitrogens is 1. The molecule has 3 aromatic carbocycles. The molecule has 0 bridgehead atoms. The maximum Gasteiger partial charge on any atom is 0.0465 e. The number of rotatable bonds is 0. The smallest absolute Gasteiger partial charge is 0.0465 e. The van der Waals surface area contributed by atoms with Gasteiger partial charge in [0.25, 0.3) is 0 Å². The van der Waals surface area contributed by atoms with Gasteiger partial charge in [-0.1, -0.05) is 68.3 Å². The van der Waals surface area contributed by atoms with Crippen molar-refractivity contribution in [1.82, 2.24) is 4.98 Å². The van der Waals surface area contributed by atoms with Crippen LogP contribution in [-0.2, 0) is 0 Å². The lowest BCUT2D eigenvalue weighted by Gasteiger charge is -1.93. The Morgan fingerprint density at radius 1 is 0.571 bits per heavy atom. The maximum absolute atomic E-state index is 3.50. The maximum atomic E-state index is 3.50. The van der Waals surface area contributed by atoms with Crippen LogP contribution < -0.4 is 0 Å². The monoisotopic (exact) mass is 401 g/mol. The zero-order chi connectivity index (χ0) is 14.7. The number of hydrogen-bond donors (Lipinski definition) is 1. The molecule has 0 amide bonds. The van der Waals surface area contributed by atoms with E-state index < -0.39 is 0 Å². The van der Waals surface area contributed by atoms with Gasteiger partial charge >= 0.3 is 0 Å². The Kier molecular flexibility index (Phi) is 4.42. The van der Waals surface area contributed by atoms with Crippen molar-refractivity contribution in [3.8, 4) is 0 Å². The summed E-state index contributed by atoms with van der Waals surface area (Å²) in [6.45, 7) is 0. The number of benzene rings is 3. The van der Waals surface area contributed by atoms with Crippen LogP contribution in [0.5, 0.6) is 0 Å². The molecule has 0 aliphatic heterocycles. The van der Waals surface area contributed by atoms with Gasteiger partial charge in [0.1, 0.15) is 0 Å². The summed E-state index contributed by atoms with van der Waals surface area (Å²) in [4.78, 5) is 3.39. The predicted octanol–water partition coefficient (Wildman–Crippen LogP) is 6.53. The first-order chi connectivity index (χ1) is 10.2. The molecule has 0 aliphatic rings. The van der Waals surface area contributed by atoms with E-state index in [1.165, 1.54) is 21.8 Å². The Bertz CT molecular complexity index is 783. The first kappa shape index (κ1) is 14.4. The minimum absolute atomic E-state index is 1.11. The number of nitrogens with one attached hydrogen (secondary N) is 1. The van der Waals surface area contributed by atoms with Gasteiger partial charge in [0, 0.05) is 30.8 Å². The molecule has 0 radical (unpaired) electrons. The first-order valence-corrected chi connectivity index (χ1v) is 8.19. The van der Waals surface area contributed by atoms with Crippen molar-refractivity contribution in [2.45, 2.75) is 0 Å². The molecule has 0 spiro atoms. The van der Waals surface area contributed by atoms with E-state index >= 15 is 0 Å². The largest absolute Gasteiger partial charge is 0.355 e. The first-order valence-electron chi connectivity index (χ1n) is 6.60. The van der Waals surface area contributed by atoms with Gasteiger partial charge in [0.15, 0.2) is 0 Å². The molecule has 104 valence electrons. The molecule has 4 rings (SSSR count). The van der Waals surface area contributed by atoms with E-state index in [9.17, 15) is 0 Å². The van der Waals surface area contributed by atoms with Crippen LogP contribution in [0.15, 0.2) is 81.7 Å². The van der Waals surface area contributed by atoms with Crippen molar-refractivity contribution in [2.24, 2.45) is 0 Å². The van der Waals surface area contributed by atoms with Crippen molar-refractivity contribution in [3.05, 3.63) is 81.7 Å². The zero-order valence-electron chi connectivity index (χ0n) is 11.2. The molecular formula is C18H13Br2N. The Labute approximate surface area is 140 Å². The number of H-pyrrole nitrogens is 1. The summed E-state index contributed by atoms with van der Waals surface area (Å²) in [5.41, 5.74) is 2.35. The number of hydrogen-bond acceptors (Lipinski definition) is 0. The van der Waals surface area contributed by atoms with Crippen molar-refractivity contribution >= 4 is 53.7 Å². The number of halogens is 2. The van der Waals surface area contributed by atoms with E-state index in [0.29, 0.717) is 0 Å². The highest BCUT2D eigenvalue weighted by molar-refractivity contribution is 9.10. The van der Waals surface area contributed by atoms with Gasteiger partial charge < -0.3 is 4.98 Å². The van der Waals surface area contributed by atoms with Crippen LogP contribution in [0.3, 0.4) is 0 Å². The summed E-state index contributed by atoms with van der Waals surface area (Å²) in [5.74, 6) is 0. The molecule has 0 fully saturated rings. The normalized spacial score (nSPS) is 10.4. The fourth-order valence-electron chi connectivity index (χ4n) is 2.23. The van der Waals surface area contributed by atoms with E-state index in [-0.39, 0.29) is 0 Å². The van der Waals surface area contributed by atoms with Crippen LogP contribution in [0.2, 0.25) is 0 Å². The van der Waals surface area contributed by atoms with Gasteiger partial charge in [0.2, 0.25) is 0 Å². The van der Waals surface area contributed by atoms with E-state index in [4.69, 9.17) is 0 Å². The molecule has 1 N–H and O–H groups in total. The lowest BCUT2D eigenvalue weighted by molar-refractivity contribution is 1.54. The number of aromatic amines is 1. The topological polar surface area (TPSA) is 15.8 Å². The van der Waals surface area contributed by atoms with Gasteiger partial charge in [0.05, 0.1) is 0 Å². The van der Waals surface area contributed by atoms with Crippen molar-refractivity contribution in [2.75, 3.05) is 0 Å². The molecule has 21 heavy (non-hydrogen) atoms. The second kappa shape index (κ2) is 6.46. The molecule has 0 saturated carbocycles. The molecule has 0 saturated heterocycles. The third-order valence-electron chi connectivity index (χ3n) is 3.19. The van der Waals surface area contributed by atoms with Crippen LogP contribution in [-0.4, -0.2) is 4.98 Å². The minimum Gasteiger partial charge on any atom is -0.355 e. The third kappa shape index (κ3) is 3.36. The van der Waals surface area contributed by atoms with Crippen molar-refractivity contribution < 1.29 is 0 Å². The van der Waals surface area contributed by atoms with Gasteiger partial charge in [-0.15, -0.1) is 0 Å². The molecular weight excluding hydrogens is 390 g/mol. The SMILES string of the molecule is Brc1ccc2[nH]c3ccc(Br)cc3c2c1.c1ccccc1. The second-order valence-electron chi connectivity index (χ2n) is 4.66. The Morgan fingerprint density at radius 3 is 1.33 bits per heavy atom. The van der Waals surface area contributed by atoms with E-state index in [0.717, 1.165) is 8.95 Å². The summed E-state index contributed by atoms with van der Waals surface area (Å²) in [6.07, 6.45) is 0. The highest BCUT2D eigenvalue weighted by atomic mass is 79.9. The highest BCUT2D eigenvalue weighted by Gasteiger charge is 2.04. The standard InChI is InChI=1S/C12H7Br2N.C6H6/c13-7-1-3-11-9(5-7)10-6-8(14)2-4-12(10)15-11;1-2-4-6-5-3-1/h1-6,15H;1-6H. The second-order valence-corrected chi connectivity index (χ2v) is 6.49. The average molecular weight is 403 g/mol. The molecule has 4 aromatic rings. The van der Waals surface area contributed by atoms with E-state index in [1.54, 1.807) is 0 Å². The molecule has 0 aliphatic carbocycles. The van der Waals surface area contributed by atoms with Gasteiger partial charge in [-0.05, 0) is 36.4 Å². The van der Waals surface area contributed by atoms with Crippen molar-refractivity contribution in [3.63, 3.8) is 0 Å². The Morgan fingerprint density at radius 2 is 0.952 bits per heavy atom. The van der Waals surface area contributed by atoms with Crippen LogP contribution in [0.25, 0.3) is 21.8 Å². The molecule has 1 nitrogen and oxygen atoms in total. The van der Waals surface area contributed by atoms with Crippen LogP contribution in [0, 0.1) is 0 Å². The van der Waals surface area contributed by atoms with Gasteiger partial charge in [-0.2, -0.15) is 0 Å². The highest BCUT2D eigenvalue weighted by Crippen LogP contribution is 2.29. The van der Waals surface area contributed by atoms with E-state index in [2.05, 4.69) is 61.1 Å². The quantitative estimate of drug-likeness (QED) is 0.344. The van der Waals surface area contributed by atoms with Crippen molar-refractivity contribution in [1.29, 1.82) is 0 Å². The minimum atomic E-state index is 1.11. The predicted molar refractivity (Wildman–Crippen MR) is 97.6 cm³/mol. The van der Waals surface area contributed by atoms with Crippen LogP contribution in [0.1, 0.15) is 0 Å². The summed E-state index contributed by atoms with van der Waals surface area (Å²) in [6, 6.07) is 24.6. The van der Waals surface area contributed by atoms with E-state index in [1.807, 2.05) is 48.5 Å². The summed E-state index contributed by atoms with van der Waals surface area (Å²) < 4.78 is 2.21. The zero-order valence-corrected chi connectivity index (χ0v) is 14.4. The summed E-state index contributed by atoms with van der Waals surface area (Å²) >= 11 is 6.99. The Hall–Kier alpha value is -1.58. The lowest BCUT2D eigenvalue weighted by Crippen LogP contribution is -1.67. The lowest BCUT2D eigenvalue weighted by atomic mass is 10.2. The molecule has 1 heterocycles. The Balaban J connectivity index is 0.000000186. The number of fused-ring (bicyclic) bond motifs is 3. The fourth-order valence-corrected chi connectivity index (χ4v) is 2.95. The molecule has 3 heteroatoms. The summed E-state index contributed by atoms with van der Waals surface area (Å²) in [5, 5.41) is 2.50. The van der Waals surface area contributed by atoms with Crippen LogP contribution in [0.4, 0.5) is 0 Å². The third-order valence-corrected chi connectivity index (χ3v) is 4.18. The fraction of sp³-hybridized carbons (Fsp3) is 0. The summed E-state index contributed by atoms with van der Waals surface area (Å²) in [7, 11) is 0. The van der Waals surface area contributed by atoms with Gasteiger partial charge in [-0.3, -0.25) is 0 Å². The molecule has 1 aromatic heterocycles. The molecule has 0 unspecified atom stereocenters. The van der Waals surface area contributed by atoms with Gasteiger partial charge in [-0.25, -0.2) is 0 Å². The van der Waals surface area contributed by atoms with Crippen LogP contribution >= 0.6 is 31.9 Å².